The first kappa shape index (κ1) is 21.9. The lowest BCUT2D eigenvalue weighted by Crippen LogP contribution is -2.37. The maximum Gasteiger partial charge on any atom is 0.232 e. The second-order valence-corrected chi connectivity index (χ2v) is 6.90. The first-order valence-electron chi connectivity index (χ1n) is 9.69. The third-order valence-corrected chi connectivity index (χ3v) is 4.66. The summed E-state index contributed by atoms with van der Waals surface area (Å²) in [5, 5.41) is 4.26. The Hall–Kier alpha value is -2.41. The molecule has 0 N–H and O–H groups in total. The minimum Gasteiger partial charge on any atom is -0.383 e. The zero-order valence-corrected chi connectivity index (χ0v) is 17.4. The summed E-state index contributed by atoms with van der Waals surface area (Å²) in [7, 11) is 1.61. The monoisotopic (exact) mass is 391 g/mol. The van der Waals surface area contributed by atoms with Gasteiger partial charge in [0.2, 0.25) is 11.8 Å². The number of carbonyl (C=O) groups is 1. The van der Waals surface area contributed by atoms with E-state index in [0.717, 1.165) is 24.2 Å². The zero-order valence-electron chi connectivity index (χ0n) is 17.4. The normalized spacial score (nSPS) is 11.1. The lowest BCUT2D eigenvalue weighted by Gasteiger charge is -2.26. The van der Waals surface area contributed by atoms with E-state index in [0.29, 0.717) is 31.3 Å². The Bertz CT molecular complexity index is 755. The topological polar surface area (TPSA) is 58.8 Å². The smallest absolute Gasteiger partial charge is 0.232 e. The summed E-state index contributed by atoms with van der Waals surface area (Å²) in [6.45, 7) is 10.6. The van der Waals surface area contributed by atoms with Gasteiger partial charge in [-0.3, -0.25) is 4.79 Å². The van der Waals surface area contributed by atoms with Crippen LogP contribution in [0.1, 0.15) is 33.3 Å². The van der Waals surface area contributed by atoms with Crippen molar-refractivity contribution in [1.82, 2.24) is 10.1 Å². The summed E-state index contributed by atoms with van der Waals surface area (Å²) >= 11 is 0. The highest BCUT2D eigenvalue weighted by Gasteiger charge is 2.26. The van der Waals surface area contributed by atoms with Crippen LogP contribution in [-0.4, -0.2) is 49.3 Å². The van der Waals surface area contributed by atoms with Crippen LogP contribution < -0.4 is 4.90 Å². The van der Waals surface area contributed by atoms with Crippen LogP contribution in [0.5, 0.6) is 0 Å². The number of hydrogen-bond donors (Lipinski definition) is 0. The van der Waals surface area contributed by atoms with Crippen molar-refractivity contribution in [3.05, 3.63) is 35.6 Å². The Morgan fingerprint density at radius 1 is 1.21 bits per heavy atom. The number of rotatable bonds is 10. The lowest BCUT2D eigenvalue weighted by atomic mass is 10.1. The van der Waals surface area contributed by atoms with E-state index in [-0.39, 0.29) is 17.6 Å². The molecule has 2 rings (SSSR count). The van der Waals surface area contributed by atoms with Crippen molar-refractivity contribution in [3.8, 4) is 11.3 Å². The number of anilines is 1. The van der Waals surface area contributed by atoms with Crippen LogP contribution in [0.3, 0.4) is 0 Å². The van der Waals surface area contributed by atoms with E-state index < -0.39 is 0 Å². The maximum absolute atomic E-state index is 13.4. The first-order valence-corrected chi connectivity index (χ1v) is 9.69. The van der Waals surface area contributed by atoms with Gasteiger partial charge in [-0.05, 0) is 38.1 Å². The fourth-order valence-electron chi connectivity index (χ4n) is 3.06. The van der Waals surface area contributed by atoms with Gasteiger partial charge in [0.1, 0.15) is 11.5 Å². The highest BCUT2D eigenvalue weighted by atomic mass is 19.1. The molecular weight excluding hydrogens is 361 g/mol. The van der Waals surface area contributed by atoms with E-state index in [4.69, 9.17) is 9.26 Å². The molecule has 0 aliphatic heterocycles. The molecule has 6 nitrogen and oxygen atoms in total. The Balaban J connectivity index is 2.48. The van der Waals surface area contributed by atoms with Gasteiger partial charge in [0, 0.05) is 38.2 Å². The number of ether oxygens (including phenoxy) is 1. The first-order chi connectivity index (χ1) is 13.4. The average Bonchev–Trinajstić information content (AvgIpc) is 3.09. The van der Waals surface area contributed by atoms with E-state index in [9.17, 15) is 9.18 Å². The Morgan fingerprint density at radius 2 is 1.86 bits per heavy atom. The van der Waals surface area contributed by atoms with Crippen molar-refractivity contribution < 1.29 is 18.4 Å². The summed E-state index contributed by atoms with van der Waals surface area (Å²) in [5.41, 5.74) is 2.20. The number of halogens is 1. The van der Waals surface area contributed by atoms with Crippen molar-refractivity contribution in [2.45, 2.75) is 34.2 Å². The molecule has 0 fully saturated rings. The van der Waals surface area contributed by atoms with Crippen LogP contribution in [0.2, 0.25) is 0 Å². The van der Waals surface area contributed by atoms with Gasteiger partial charge in [0.25, 0.3) is 0 Å². The van der Waals surface area contributed by atoms with Crippen LogP contribution in [0.4, 0.5) is 10.3 Å². The standard InChI is InChI=1S/C21H30FN3O3/c1-6-24(7-2)21-18(14-25(12-13-27-5)20(26)15(3)4)19(23-28-21)16-8-10-17(22)11-9-16/h8-11,15H,6-7,12-14H2,1-5H3. The van der Waals surface area contributed by atoms with Crippen molar-refractivity contribution in [1.29, 1.82) is 0 Å². The van der Waals surface area contributed by atoms with Gasteiger partial charge in [-0.15, -0.1) is 0 Å². The molecular formula is C21H30FN3O3. The van der Waals surface area contributed by atoms with Gasteiger partial charge in [0.05, 0.1) is 18.7 Å². The molecule has 1 aromatic heterocycles. The predicted octanol–water partition coefficient (Wildman–Crippen LogP) is 3.96. The predicted molar refractivity (Wildman–Crippen MR) is 108 cm³/mol. The summed E-state index contributed by atoms with van der Waals surface area (Å²) in [4.78, 5) is 16.6. The number of amides is 1. The number of carbonyl (C=O) groups excluding carboxylic acids is 1. The van der Waals surface area contributed by atoms with Crippen LogP contribution >= 0.6 is 0 Å². The molecule has 0 unspecified atom stereocenters. The van der Waals surface area contributed by atoms with Crippen molar-refractivity contribution in [3.63, 3.8) is 0 Å². The summed E-state index contributed by atoms with van der Waals surface area (Å²) < 4.78 is 24.2. The van der Waals surface area contributed by atoms with E-state index >= 15 is 0 Å². The molecule has 28 heavy (non-hydrogen) atoms. The van der Waals surface area contributed by atoms with Crippen LogP contribution in [-0.2, 0) is 16.1 Å². The quantitative estimate of drug-likeness (QED) is 0.614. The molecule has 0 bridgehead atoms. The minimum atomic E-state index is -0.311. The lowest BCUT2D eigenvalue weighted by molar-refractivity contribution is -0.135. The largest absolute Gasteiger partial charge is 0.383 e. The fourth-order valence-corrected chi connectivity index (χ4v) is 3.06. The molecule has 1 amide bonds. The van der Waals surface area contributed by atoms with Gasteiger partial charge in [-0.2, -0.15) is 0 Å². The second-order valence-electron chi connectivity index (χ2n) is 6.90. The zero-order chi connectivity index (χ0) is 20.7. The van der Waals surface area contributed by atoms with Crippen LogP contribution in [0.25, 0.3) is 11.3 Å². The van der Waals surface area contributed by atoms with E-state index in [1.54, 1.807) is 24.1 Å². The summed E-state index contributed by atoms with van der Waals surface area (Å²) in [6.07, 6.45) is 0. The summed E-state index contributed by atoms with van der Waals surface area (Å²) in [5.74, 6) is 0.231. The molecule has 0 radical (unpaired) electrons. The van der Waals surface area contributed by atoms with Crippen molar-refractivity contribution in [2.75, 3.05) is 38.3 Å². The van der Waals surface area contributed by atoms with Gasteiger partial charge >= 0.3 is 0 Å². The molecule has 1 heterocycles. The number of methoxy groups -OCH3 is 1. The van der Waals surface area contributed by atoms with Crippen molar-refractivity contribution >= 4 is 11.8 Å². The van der Waals surface area contributed by atoms with E-state index in [1.807, 2.05) is 27.7 Å². The highest BCUT2D eigenvalue weighted by molar-refractivity contribution is 5.79. The molecule has 154 valence electrons. The van der Waals surface area contributed by atoms with Crippen molar-refractivity contribution in [2.24, 2.45) is 5.92 Å². The fraction of sp³-hybridized carbons (Fsp3) is 0.524. The molecule has 0 saturated heterocycles. The third-order valence-electron chi connectivity index (χ3n) is 4.66. The molecule has 0 saturated carbocycles. The Kier molecular flexibility index (Phi) is 7.99. The van der Waals surface area contributed by atoms with Gasteiger partial charge in [-0.25, -0.2) is 4.39 Å². The Labute approximate surface area is 166 Å². The SMILES string of the molecule is CCN(CC)c1onc(-c2ccc(F)cc2)c1CN(CCOC)C(=O)C(C)C. The van der Waals surface area contributed by atoms with Gasteiger partial charge in [0.15, 0.2) is 0 Å². The van der Waals surface area contributed by atoms with E-state index in [1.165, 1.54) is 12.1 Å². The van der Waals surface area contributed by atoms with E-state index in [2.05, 4.69) is 10.1 Å². The van der Waals surface area contributed by atoms with Gasteiger partial charge < -0.3 is 19.1 Å². The molecule has 0 aliphatic carbocycles. The van der Waals surface area contributed by atoms with Crippen LogP contribution in [0, 0.1) is 11.7 Å². The Morgan fingerprint density at radius 3 is 2.39 bits per heavy atom. The number of hydrogen-bond acceptors (Lipinski definition) is 5. The molecule has 0 spiro atoms. The summed E-state index contributed by atoms with van der Waals surface area (Å²) in [6, 6.07) is 6.14. The molecule has 2 aromatic rings. The highest BCUT2D eigenvalue weighted by Crippen LogP contribution is 2.33. The van der Waals surface area contributed by atoms with Crippen LogP contribution in [0.15, 0.2) is 28.8 Å². The number of nitrogens with zero attached hydrogens (tertiary/aromatic N) is 3. The number of benzene rings is 1. The molecule has 7 heteroatoms. The average molecular weight is 391 g/mol. The molecule has 0 atom stereocenters. The molecule has 0 aliphatic rings. The number of aromatic nitrogens is 1. The second kappa shape index (κ2) is 10.2. The van der Waals surface area contributed by atoms with Gasteiger partial charge in [-0.1, -0.05) is 19.0 Å². The minimum absolute atomic E-state index is 0.0359. The molecule has 1 aromatic carbocycles. The maximum atomic E-state index is 13.4. The third kappa shape index (κ3) is 5.10.